The Morgan fingerprint density at radius 1 is 1.19 bits per heavy atom. The predicted octanol–water partition coefficient (Wildman–Crippen LogP) is 2.95. The van der Waals surface area contributed by atoms with E-state index in [1.807, 2.05) is 0 Å². The average Bonchev–Trinajstić information content (AvgIpc) is 2.16. The highest BCUT2D eigenvalue weighted by molar-refractivity contribution is 9.42. The van der Waals surface area contributed by atoms with Crippen LogP contribution in [-0.2, 0) is 9.84 Å². The SMILES string of the molecule is O=C(O)c1ccccc1S(=O)(=O)C(Br)(Br)Br. The molecule has 88 valence electrons. The molecule has 0 atom stereocenters. The number of carboxylic acids is 1. The van der Waals surface area contributed by atoms with Crippen molar-refractivity contribution < 1.29 is 18.3 Å². The van der Waals surface area contributed by atoms with Gasteiger partial charge in [-0.3, -0.25) is 0 Å². The molecule has 1 aromatic carbocycles. The van der Waals surface area contributed by atoms with Gasteiger partial charge in [-0.1, -0.05) is 12.1 Å². The van der Waals surface area contributed by atoms with E-state index in [9.17, 15) is 13.2 Å². The lowest BCUT2D eigenvalue weighted by molar-refractivity contribution is 0.0692. The molecule has 16 heavy (non-hydrogen) atoms. The highest BCUT2D eigenvalue weighted by Gasteiger charge is 2.39. The van der Waals surface area contributed by atoms with Gasteiger partial charge in [0.25, 0.3) is 0 Å². The van der Waals surface area contributed by atoms with Crippen LogP contribution in [-0.4, -0.2) is 21.0 Å². The predicted molar refractivity (Wildman–Crippen MR) is 70.1 cm³/mol. The highest BCUT2D eigenvalue weighted by Crippen LogP contribution is 2.43. The molecule has 0 unspecified atom stereocenters. The normalized spacial score (nSPS) is 12.4. The second-order valence-electron chi connectivity index (χ2n) is 2.75. The van der Waals surface area contributed by atoms with Gasteiger partial charge in [0.05, 0.1) is 10.5 Å². The van der Waals surface area contributed by atoms with E-state index in [-0.39, 0.29) is 10.5 Å². The molecule has 1 aromatic rings. The van der Waals surface area contributed by atoms with Crippen LogP contribution in [0.25, 0.3) is 0 Å². The van der Waals surface area contributed by atoms with Crippen LogP contribution in [0.5, 0.6) is 0 Å². The number of sulfone groups is 1. The van der Waals surface area contributed by atoms with Crippen molar-refractivity contribution in [1.82, 2.24) is 0 Å². The number of hydrogen-bond donors (Lipinski definition) is 1. The van der Waals surface area contributed by atoms with Crippen LogP contribution in [0.3, 0.4) is 0 Å². The molecule has 0 amide bonds. The van der Waals surface area contributed by atoms with Crippen LogP contribution in [0.4, 0.5) is 0 Å². The Morgan fingerprint density at radius 3 is 2.12 bits per heavy atom. The lowest BCUT2D eigenvalue weighted by atomic mass is 10.2. The Bertz CT molecular complexity index is 518. The lowest BCUT2D eigenvalue weighted by Gasteiger charge is -2.15. The summed E-state index contributed by atoms with van der Waals surface area (Å²) in [6.45, 7) is 0. The topological polar surface area (TPSA) is 71.4 Å². The van der Waals surface area contributed by atoms with Crippen molar-refractivity contribution in [1.29, 1.82) is 0 Å². The molecule has 0 aromatic heterocycles. The van der Waals surface area contributed by atoms with Gasteiger partial charge in [0, 0.05) is 0 Å². The average molecular weight is 437 g/mol. The Labute approximate surface area is 117 Å². The fourth-order valence-corrected chi connectivity index (χ4v) is 3.52. The van der Waals surface area contributed by atoms with Crippen LogP contribution in [0.15, 0.2) is 29.2 Å². The van der Waals surface area contributed by atoms with Gasteiger partial charge in [-0.2, -0.15) is 0 Å². The van der Waals surface area contributed by atoms with Crippen LogP contribution in [0.1, 0.15) is 10.4 Å². The van der Waals surface area contributed by atoms with Crippen molar-refractivity contribution in [3.8, 4) is 0 Å². The quantitative estimate of drug-likeness (QED) is 0.723. The molecule has 0 radical (unpaired) electrons. The zero-order chi connectivity index (χ0) is 12.6. The number of rotatable bonds is 2. The van der Waals surface area contributed by atoms with E-state index < -0.39 is 17.3 Å². The first-order valence-corrected chi connectivity index (χ1v) is 7.68. The number of aromatic carboxylic acids is 1. The van der Waals surface area contributed by atoms with Gasteiger partial charge in [0.1, 0.15) is 0 Å². The minimum absolute atomic E-state index is 0.270. The zero-order valence-corrected chi connectivity index (χ0v) is 13.1. The maximum Gasteiger partial charge on any atom is 0.337 e. The van der Waals surface area contributed by atoms with E-state index in [0.717, 1.165) is 0 Å². The maximum atomic E-state index is 12.0. The standard InChI is InChI=1S/C8H5Br3O4S/c9-8(10,11)16(14,15)6-4-2-1-3-5(6)7(12)13/h1-4H,(H,12,13). The number of carbonyl (C=O) groups is 1. The molecule has 0 fully saturated rings. The number of benzene rings is 1. The van der Waals surface area contributed by atoms with Crippen molar-refractivity contribution in [3.63, 3.8) is 0 Å². The first kappa shape index (κ1) is 14.1. The van der Waals surface area contributed by atoms with Crippen LogP contribution in [0.2, 0.25) is 0 Å². The molecule has 0 aliphatic carbocycles. The van der Waals surface area contributed by atoms with Crippen molar-refractivity contribution in [2.75, 3.05) is 0 Å². The second-order valence-corrected chi connectivity index (χ2v) is 13.1. The third kappa shape index (κ3) is 2.66. The van der Waals surface area contributed by atoms with Gasteiger partial charge in [-0.15, -0.1) is 0 Å². The first-order chi connectivity index (χ1) is 7.18. The van der Waals surface area contributed by atoms with E-state index in [4.69, 9.17) is 5.11 Å². The van der Waals surface area contributed by atoms with E-state index in [1.165, 1.54) is 24.3 Å². The van der Waals surface area contributed by atoms with E-state index >= 15 is 0 Å². The number of hydrogen-bond acceptors (Lipinski definition) is 3. The molecule has 1 N–H and O–H groups in total. The largest absolute Gasteiger partial charge is 0.478 e. The van der Waals surface area contributed by atoms with Gasteiger partial charge < -0.3 is 5.11 Å². The van der Waals surface area contributed by atoms with Gasteiger partial charge in [-0.25, -0.2) is 13.2 Å². The number of halogens is 3. The second kappa shape index (κ2) is 4.75. The van der Waals surface area contributed by atoms with E-state index in [0.29, 0.717) is 0 Å². The Balaban J connectivity index is 3.52. The third-order valence-corrected chi connectivity index (χ3v) is 7.09. The number of carboxylic acid groups (broad SMARTS) is 1. The summed E-state index contributed by atoms with van der Waals surface area (Å²) >= 11 is 8.62. The summed E-state index contributed by atoms with van der Waals surface area (Å²) in [5, 5.41) is 8.88. The van der Waals surface area contributed by atoms with E-state index in [2.05, 4.69) is 47.8 Å². The molecule has 0 saturated carbocycles. The summed E-state index contributed by atoms with van der Waals surface area (Å²) in [6, 6.07) is 5.38. The molecule has 0 spiro atoms. The van der Waals surface area contributed by atoms with Crippen molar-refractivity contribution in [2.24, 2.45) is 0 Å². The molecular formula is C8H5Br3O4S. The minimum atomic E-state index is -3.88. The highest BCUT2D eigenvalue weighted by atomic mass is 80.0. The number of alkyl halides is 3. The zero-order valence-electron chi connectivity index (χ0n) is 7.52. The Morgan fingerprint density at radius 2 is 1.69 bits per heavy atom. The van der Waals surface area contributed by atoms with Gasteiger partial charge in [-0.05, 0) is 59.9 Å². The maximum absolute atomic E-state index is 12.0. The molecule has 0 heterocycles. The van der Waals surface area contributed by atoms with Gasteiger partial charge in [0.2, 0.25) is 11.3 Å². The first-order valence-electron chi connectivity index (χ1n) is 3.81. The Kier molecular flexibility index (Phi) is 4.20. The summed E-state index contributed by atoms with van der Waals surface area (Å²) in [5.74, 6) is -1.30. The summed E-state index contributed by atoms with van der Waals surface area (Å²) in [4.78, 5) is 10.6. The molecule has 1 rings (SSSR count). The molecule has 0 bridgehead atoms. The molecule has 0 saturated heterocycles. The summed E-state index contributed by atoms with van der Waals surface area (Å²) in [5.41, 5.74) is -0.273. The van der Waals surface area contributed by atoms with Crippen molar-refractivity contribution in [2.45, 2.75) is 6.37 Å². The van der Waals surface area contributed by atoms with E-state index in [1.54, 1.807) is 0 Å². The smallest absolute Gasteiger partial charge is 0.337 e. The lowest BCUT2D eigenvalue weighted by Crippen LogP contribution is -2.20. The molecule has 0 aliphatic heterocycles. The minimum Gasteiger partial charge on any atom is -0.478 e. The Hall–Kier alpha value is 0.0800. The molecule has 0 aliphatic rings. The molecule has 4 nitrogen and oxygen atoms in total. The summed E-state index contributed by atoms with van der Waals surface area (Å²) in [7, 11) is -3.88. The van der Waals surface area contributed by atoms with Crippen LogP contribution >= 0.6 is 47.8 Å². The fraction of sp³-hybridized carbons (Fsp3) is 0.125. The summed E-state index contributed by atoms with van der Waals surface area (Å²) < 4.78 is 22.4. The van der Waals surface area contributed by atoms with Crippen molar-refractivity contribution >= 4 is 63.6 Å². The van der Waals surface area contributed by atoms with Crippen LogP contribution in [0, 0.1) is 0 Å². The molecular weight excluding hydrogens is 432 g/mol. The van der Waals surface area contributed by atoms with Crippen molar-refractivity contribution in [3.05, 3.63) is 29.8 Å². The summed E-state index contributed by atoms with van der Waals surface area (Å²) in [6.07, 6.45) is 0. The van der Waals surface area contributed by atoms with Gasteiger partial charge in [0.15, 0.2) is 0 Å². The third-order valence-electron chi connectivity index (χ3n) is 1.71. The monoisotopic (exact) mass is 434 g/mol. The van der Waals surface area contributed by atoms with Gasteiger partial charge >= 0.3 is 5.97 Å². The van der Waals surface area contributed by atoms with Crippen LogP contribution < -0.4 is 0 Å². The fourth-order valence-electron chi connectivity index (χ4n) is 1.00. The molecule has 8 heteroatoms.